The molecule has 362 valence electrons. The Balaban J connectivity index is 0.812. The maximum atomic E-state index is 16.7. The third kappa shape index (κ3) is 8.16. The number of nitrogens with one attached hydrogen (secondary N) is 3. The van der Waals surface area contributed by atoms with Gasteiger partial charge in [-0.1, -0.05) is 60.7 Å². The molecule has 1 aromatic heterocycles. The van der Waals surface area contributed by atoms with Crippen LogP contribution in [0.5, 0.6) is 0 Å². The van der Waals surface area contributed by atoms with Crippen LogP contribution in [0.3, 0.4) is 0 Å². The number of aromatic amines is 1. The van der Waals surface area contributed by atoms with Crippen molar-refractivity contribution in [3.8, 4) is 33.5 Å². The smallest absolute Gasteiger partial charge is 0.407 e. The number of hydrogen-bond donors (Lipinski definition) is 4. The summed E-state index contributed by atoms with van der Waals surface area (Å²) in [6, 6.07) is 21.5. The molecule has 1 spiro atoms. The Labute approximate surface area is 401 Å². The molecule has 16 nitrogen and oxygen atoms in total. The van der Waals surface area contributed by atoms with Gasteiger partial charge in [0.2, 0.25) is 5.91 Å². The lowest BCUT2D eigenvalue weighted by Crippen LogP contribution is -2.53. The molecule has 0 saturated carbocycles. The van der Waals surface area contributed by atoms with E-state index in [9.17, 15) is 24.3 Å². The number of amides is 4. The van der Waals surface area contributed by atoms with E-state index in [-0.39, 0.29) is 29.5 Å². The van der Waals surface area contributed by atoms with Gasteiger partial charge in [0.15, 0.2) is 5.79 Å². The Morgan fingerprint density at radius 2 is 1.53 bits per heavy atom. The lowest BCUT2D eigenvalue weighted by molar-refractivity contribution is -0.153. The van der Waals surface area contributed by atoms with Crippen LogP contribution < -0.4 is 10.6 Å². The molecule has 6 aliphatic rings. The molecule has 70 heavy (non-hydrogen) atoms. The van der Waals surface area contributed by atoms with Crippen LogP contribution in [0.2, 0.25) is 0 Å². The van der Waals surface area contributed by atoms with Gasteiger partial charge in [-0.15, -0.1) is 0 Å². The van der Waals surface area contributed by atoms with Gasteiger partial charge in [-0.3, -0.25) is 14.6 Å². The van der Waals surface area contributed by atoms with Crippen molar-refractivity contribution in [2.45, 2.75) is 74.4 Å². The van der Waals surface area contributed by atoms with E-state index < -0.39 is 54.0 Å². The number of carboxylic acid groups (broad SMARTS) is 1. The number of ether oxygens (including phenoxy) is 4. The summed E-state index contributed by atoms with van der Waals surface area (Å²) in [5, 5.41) is 14.9. The quantitative estimate of drug-likeness (QED) is 0.108. The zero-order valence-corrected chi connectivity index (χ0v) is 38.3. The molecule has 11 rings (SSSR count). The van der Waals surface area contributed by atoms with Gasteiger partial charge in [0.25, 0.3) is 11.8 Å². The molecule has 4 N–H and O–H groups in total. The molecule has 0 bridgehead atoms. The fourth-order valence-electron chi connectivity index (χ4n) is 11.2. The van der Waals surface area contributed by atoms with Gasteiger partial charge >= 0.3 is 12.2 Å². The van der Waals surface area contributed by atoms with Gasteiger partial charge < -0.3 is 49.5 Å². The number of imidazole rings is 1. The van der Waals surface area contributed by atoms with Crippen molar-refractivity contribution in [1.82, 2.24) is 30.4 Å². The van der Waals surface area contributed by atoms with Crippen LogP contribution in [0.15, 0.2) is 96.1 Å². The van der Waals surface area contributed by atoms with Gasteiger partial charge in [-0.2, -0.15) is 8.78 Å². The Kier molecular flexibility index (Phi) is 11.7. The summed E-state index contributed by atoms with van der Waals surface area (Å²) in [5.41, 5.74) is 5.77. The van der Waals surface area contributed by atoms with E-state index in [1.807, 2.05) is 24.3 Å². The summed E-state index contributed by atoms with van der Waals surface area (Å²) in [7, 11) is 1.26. The van der Waals surface area contributed by atoms with Crippen LogP contribution >= 0.6 is 0 Å². The van der Waals surface area contributed by atoms with Crippen LogP contribution in [0.1, 0.15) is 72.3 Å². The third-order valence-electron chi connectivity index (χ3n) is 14.7. The molecule has 4 fully saturated rings. The molecule has 18 heteroatoms. The van der Waals surface area contributed by atoms with Crippen LogP contribution in [0.25, 0.3) is 33.5 Å². The number of H-pyrrole nitrogens is 1. The number of benzene rings is 4. The van der Waals surface area contributed by atoms with Gasteiger partial charge in [0.05, 0.1) is 56.5 Å². The number of carbonyl (C=O) groups excluding carboxylic acids is 3. The number of carbonyl (C=O) groups is 4. The summed E-state index contributed by atoms with van der Waals surface area (Å²) in [4.78, 5) is 69.0. The number of methoxy groups -OCH3 is 1. The number of aromatic nitrogens is 2. The first kappa shape index (κ1) is 45.4. The number of alkyl carbamates (subject to hydrolysis) is 1. The zero-order valence-electron chi connectivity index (χ0n) is 38.3. The summed E-state index contributed by atoms with van der Waals surface area (Å²) < 4.78 is 56.0. The highest BCUT2D eigenvalue weighted by atomic mass is 19.3. The molecule has 5 aromatic rings. The largest absolute Gasteiger partial charge is 0.465 e. The minimum absolute atomic E-state index is 0.0932. The van der Waals surface area contributed by atoms with Crippen LogP contribution in [0, 0.1) is 5.92 Å². The van der Waals surface area contributed by atoms with Crippen molar-refractivity contribution in [3.05, 3.63) is 119 Å². The first-order valence-electron chi connectivity index (χ1n) is 23.7. The second-order valence-electron chi connectivity index (χ2n) is 18.7. The molecule has 5 aliphatic heterocycles. The van der Waals surface area contributed by atoms with Gasteiger partial charge in [0, 0.05) is 55.0 Å². The van der Waals surface area contributed by atoms with Crippen molar-refractivity contribution in [1.29, 1.82) is 0 Å². The van der Waals surface area contributed by atoms with Gasteiger partial charge in [-0.05, 0) is 89.2 Å². The van der Waals surface area contributed by atoms with E-state index in [0.717, 1.165) is 17.5 Å². The number of fused-ring (bicyclic) bond motifs is 4. The fraction of sp³-hybridized carbons (Fsp3) is 0.385. The first-order chi connectivity index (χ1) is 33.9. The third-order valence-corrected chi connectivity index (χ3v) is 14.7. The van der Waals surface area contributed by atoms with E-state index in [4.69, 9.17) is 23.9 Å². The Hall–Kier alpha value is -7.02. The zero-order chi connectivity index (χ0) is 48.3. The lowest BCUT2D eigenvalue weighted by Gasteiger charge is -2.34. The molecular formula is C52H51F2N7O9. The molecule has 0 radical (unpaired) electrons. The van der Waals surface area contributed by atoms with E-state index in [2.05, 4.69) is 20.6 Å². The Morgan fingerprint density at radius 3 is 2.26 bits per heavy atom. The van der Waals surface area contributed by atoms with E-state index >= 15 is 8.78 Å². The predicted octanol–water partition coefficient (Wildman–Crippen LogP) is 7.66. The van der Waals surface area contributed by atoms with E-state index in [1.165, 1.54) is 13.2 Å². The van der Waals surface area contributed by atoms with E-state index in [1.54, 1.807) is 70.6 Å². The number of likely N-dealkylation sites (tertiary alicyclic amines) is 2. The number of halogens is 2. The van der Waals surface area contributed by atoms with Gasteiger partial charge in [-0.25, -0.2) is 14.6 Å². The fourth-order valence-corrected chi connectivity index (χ4v) is 11.2. The van der Waals surface area contributed by atoms with Crippen molar-refractivity contribution in [2.24, 2.45) is 10.9 Å². The van der Waals surface area contributed by atoms with Crippen molar-refractivity contribution >= 4 is 35.4 Å². The molecule has 4 atom stereocenters. The van der Waals surface area contributed by atoms with Crippen LogP contribution in [-0.4, -0.2) is 119 Å². The molecular weight excluding hydrogens is 905 g/mol. The van der Waals surface area contributed by atoms with Crippen LogP contribution in [-0.2, 0) is 40.9 Å². The maximum absolute atomic E-state index is 16.7. The number of aliphatic imine (C=N–C) groups is 1. The minimum Gasteiger partial charge on any atom is -0.465 e. The Bertz CT molecular complexity index is 2920. The normalized spacial score (nSPS) is 21.7. The van der Waals surface area contributed by atoms with Crippen LogP contribution in [0.4, 0.5) is 24.1 Å². The van der Waals surface area contributed by atoms with Crippen molar-refractivity contribution < 1.29 is 52.0 Å². The molecule has 6 heterocycles. The van der Waals surface area contributed by atoms with Gasteiger partial charge in [0.1, 0.15) is 17.9 Å². The van der Waals surface area contributed by atoms with Crippen molar-refractivity contribution in [2.75, 3.05) is 46.6 Å². The topological polar surface area (TPSA) is 197 Å². The number of alkyl halides is 2. The molecule has 4 amide bonds. The highest BCUT2D eigenvalue weighted by Crippen LogP contribution is 2.53. The molecule has 0 unspecified atom stereocenters. The average molecular weight is 956 g/mol. The van der Waals surface area contributed by atoms with E-state index in [0.29, 0.717) is 116 Å². The average Bonchev–Trinajstić information content (AvgIpc) is 4.26. The highest BCUT2D eigenvalue weighted by molar-refractivity contribution is 6.02. The standard InChI is InChI=1S/C52H51F2N7O9/c1-67-50(66)59-45(30-15-18-68-19-16-30)47(62)60-17-5-8-42(60)46-55-27-41(57-46)33-10-13-36-35-12-9-32(23-37(35)52(53,54)38(36)24-33)31-11-14-39-34(22-31)25-40(56-39)43-26-51(69-20-21-70-51)28-61(43)48(63)44(58-49(64)65)29-6-3-2-4-7-29/h2-4,6-7,9-14,22-24,27,30,42-45,58H,5,8,15-21,25-26,28H2,1H3,(H,55,57)(H,59,66)(H,64,65)/t42-,43-,44+,45-/m0/s1. The Morgan fingerprint density at radius 1 is 0.829 bits per heavy atom. The summed E-state index contributed by atoms with van der Waals surface area (Å²) in [6.45, 7) is 2.29. The predicted molar refractivity (Wildman–Crippen MR) is 250 cm³/mol. The number of nitrogens with zero attached hydrogens (tertiary/aromatic N) is 4. The maximum Gasteiger partial charge on any atom is 0.407 e. The number of hydrogen-bond acceptors (Lipinski definition) is 10. The lowest BCUT2D eigenvalue weighted by atomic mass is 9.90. The summed E-state index contributed by atoms with van der Waals surface area (Å²) in [6.07, 6.45) is 2.90. The monoisotopic (exact) mass is 955 g/mol. The second kappa shape index (κ2) is 18.1. The first-order valence-corrected chi connectivity index (χ1v) is 23.7. The summed E-state index contributed by atoms with van der Waals surface area (Å²) in [5.74, 6) is -4.62. The summed E-state index contributed by atoms with van der Waals surface area (Å²) >= 11 is 0. The number of rotatable bonds is 10. The second-order valence-corrected chi connectivity index (χ2v) is 18.7. The molecule has 4 aromatic carbocycles. The highest BCUT2D eigenvalue weighted by Gasteiger charge is 2.53. The SMILES string of the molecule is COC(=O)N[C@H](C(=O)N1CCC[C@H]1c1ncc(-c2ccc3c(c2)C(F)(F)c2cc(-c4ccc5c(c4)CC([C@@H]4CC6(CN4C(=O)[C@H](NC(=O)O)c4ccccc4)OCCO6)=N5)ccc2-3)[nH]1)C1CCOCC1. The minimum atomic E-state index is -3.32. The molecule has 1 aliphatic carbocycles. The van der Waals surface area contributed by atoms with Crippen molar-refractivity contribution in [3.63, 3.8) is 0 Å². The molecule has 4 saturated heterocycles.